The molecule has 0 unspecified atom stereocenters. The molecule has 0 spiro atoms. The summed E-state index contributed by atoms with van der Waals surface area (Å²) in [7, 11) is 0. The van der Waals surface area contributed by atoms with Crippen LogP contribution in [0.15, 0.2) is 18.2 Å². The van der Waals surface area contributed by atoms with Gasteiger partial charge in [-0.2, -0.15) is 0 Å². The van der Waals surface area contributed by atoms with Gasteiger partial charge in [0.1, 0.15) is 11.6 Å². The van der Waals surface area contributed by atoms with Crippen LogP contribution < -0.4 is 11.5 Å². The molecule has 5 heteroatoms. The number of hydrogen-bond acceptors (Lipinski definition) is 4. The van der Waals surface area contributed by atoms with Crippen molar-refractivity contribution < 1.29 is 9.90 Å². The summed E-state index contributed by atoms with van der Waals surface area (Å²) in [5, 5.41) is 7.72. The zero-order valence-electron chi connectivity index (χ0n) is 7.40. The van der Waals surface area contributed by atoms with Gasteiger partial charge in [0.15, 0.2) is 0 Å². The maximum absolute atomic E-state index is 9.37. The number of carboxylic acid groups (broad SMARTS) is 1. The van der Waals surface area contributed by atoms with E-state index in [1.165, 1.54) is 0 Å². The fourth-order valence-corrected chi connectivity index (χ4v) is 0.469. The van der Waals surface area contributed by atoms with Crippen molar-refractivity contribution in [1.82, 2.24) is 4.98 Å². The number of carboxylic acids is 1. The quantitative estimate of drug-likeness (QED) is 0.595. The van der Waals surface area contributed by atoms with Crippen LogP contribution in [0.2, 0.25) is 0 Å². The van der Waals surface area contributed by atoms with Gasteiger partial charge in [0, 0.05) is 6.42 Å². The molecule has 0 saturated heterocycles. The molecule has 1 aromatic rings. The highest BCUT2D eigenvalue weighted by atomic mass is 16.4. The lowest BCUT2D eigenvalue weighted by Gasteiger charge is -1.90. The van der Waals surface area contributed by atoms with E-state index >= 15 is 0 Å². The Kier molecular flexibility index (Phi) is 5.02. The Labute approximate surface area is 76.4 Å². The van der Waals surface area contributed by atoms with Gasteiger partial charge in [0.05, 0.1) is 0 Å². The Hall–Kier alpha value is -1.78. The summed E-state index contributed by atoms with van der Waals surface area (Å²) in [6, 6.07) is 5.14. The van der Waals surface area contributed by atoms with Gasteiger partial charge in [-0.25, -0.2) is 4.98 Å². The predicted octanol–water partition coefficient (Wildman–Crippen LogP) is 0.727. The van der Waals surface area contributed by atoms with Crippen LogP contribution in [-0.4, -0.2) is 16.1 Å². The summed E-state index contributed by atoms with van der Waals surface area (Å²) in [5.41, 5.74) is 10.5. The number of pyridine rings is 1. The van der Waals surface area contributed by atoms with Gasteiger partial charge < -0.3 is 16.6 Å². The summed E-state index contributed by atoms with van der Waals surface area (Å²) in [6.07, 6.45) is 0.222. The van der Waals surface area contributed by atoms with Crippen molar-refractivity contribution >= 4 is 17.6 Å². The highest BCUT2D eigenvalue weighted by Gasteiger charge is 1.83. The Morgan fingerprint density at radius 1 is 1.46 bits per heavy atom. The Bertz CT molecular complexity index is 259. The Morgan fingerprint density at radius 3 is 2.00 bits per heavy atom. The minimum atomic E-state index is -0.745. The SMILES string of the molecule is CCC(=O)O.Nc1cccc(N)n1. The van der Waals surface area contributed by atoms with Crippen LogP contribution in [0.5, 0.6) is 0 Å². The number of aromatic nitrogens is 1. The average molecular weight is 183 g/mol. The van der Waals surface area contributed by atoms with Crippen LogP contribution in [0.4, 0.5) is 11.6 Å². The van der Waals surface area contributed by atoms with Gasteiger partial charge in [-0.1, -0.05) is 13.0 Å². The van der Waals surface area contributed by atoms with E-state index in [0.717, 1.165) is 0 Å². The summed E-state index contributed by atoms with van der Waals surface area (Å²) in [6.45, 7) is 1.60. The standard InChI is InChI=1S/C5H7N3.C3H6O2/c6-4-2-1-3-5(7)8-4;1-2-3(4)5/h1-3H,(H4,6,7,8);2H2,1H3,(H,4,5). The maximum atomic E-state index is 9.37. The number of nitrogens with zero attached hydrogens (tertiary/aromatic N) is 1. The summed E-state index contributed by atoms with van der Waals surface area (Å²) in [5.74, 6) is 0.181. The molecular formula is C8H13N3O2. The second-order valence-corrected chi connectivity index (χ2v) is 2.23. The second kappa shape index (κ2) is 5.82. The van der Waals surface area contributed by atoms with E-state index in [0.29, 0.717) is 11.6 Å². The molecule has 0 aliphatic heterocycles. The number of hydrogen-bond donors (Lipinski definition) is 3. The largest absolute Gasteiger partial charge is 0.481 e. The van der Waals surface area contributed by atoms with E-state index in [-0.39, 0.29) is 6.42 Å². The zero-order valence-corrected chi connectivity index (χ0v) is 7.40. The minimum absolute atomic E-state index is 0.222. The molecule has 0 atom stereocenters. The molecule has 0 amide bonds. The van der Waals surface area contributed by atoms with Crippen LogP contribution in [0.1, 0.15) is 13.3 Å². The fourth-order valence-electron chi connectivity index (χ4n) is 0.469. The average Bonchev–Trinajstić information content (AvgIpc) is 2.05. The highest BCUT2D eigenvalue weighted by Crippen LogP contribution is 1.99. The van der Waals surface area contributed by atoms with E-state index in [4.69, 9.17) is 16.6 Å². The van der Waals surface area contributed by atoms with Crippen molar-refractivity contribution in [2.24, 2.45) is 0 Å². The minimum Gasteiger partial charge on any atom is -0.481 e. The van der Waals surface area contributed by atoms with Gasteiger partial charge >= 0.3 is 5.97 Å². The van der Waals surface area contributed by atoms with Gasteiger partial charge in [-0.3, -0.25) is 4.79 Å². The molecule has 0 aliphatic rings. The normalized spacial score (nSPS) is 8.38. The molecule has 13 heavy (non-hydrogen) atoms. The summed E-state index contributed by atoms with van der Waals surface area (Å²) >= 11 is 0. The molecule has 0 saturated carbocycles. The van der Waals surface area contributed by atoms with E-state index in [9.17, 15) is 4.79 Å². The van der Waals surface area contributed by atoms with E-state index in [1.807, 2.05) is 0 Å². The van der Waals surface area contributed by atoms with Crippen LogP contribution in [-0.2, 0) is 4.79 Å². The molecule has 1 aromatic heterocycles. The molecule has 0 aliphatic carbocycles. The van der Waals surface area contributed by atoms with Crippen molar-refractivity contribution in [3.8, 4) is 0 Å². The highest BCUT2D eigenvalue weighted by molar-refractivity contribution is 5.66. The van der Waals surface area contributed by atoms with Crippen molar-refractivity contribution in [3.05, 3.63) is 18.2 Å². The number of rotatable bonds is 1. The lowest BCUT2D eigenvalue weighted by molar-refractivity contribution is -0.136. The van der Waals surface area contributed by atoms with Gasteiger partial charge in [-0.15, -0.1) is 0 Å². The van der Waals surface area contributed by atoms with Gasteiger partial charge in [0.2, 0.25) is 0 Å². The van der Waals surface area contributed by atoms with Crippen molar-refractivity contribution in [2.45, 2.75) is 13.3 Å². The Balaban J connectivity index is 0.000000252. The third-order valence-corrected chi connectivity index (χ3v) is 1.09. The summed E-state index contributed by atoms with van der Waals surface area (Å²) in [4.78, 5) is 13.1. The van der Waals surface area contributed by atoms with Crippen LogP contribution in [0.25, 0.3) is 0 Å². The van der Waals surface area contributed by atoms with E-state index < -0.39 is 5.97 Å². The van der Waals surface area contributed by atoms with Crippen LogP contribution >= 0.6 is 0 Å². The third kappa shape index (κ3) is 6.61. The number of carbonyl (C=O) groups is 1. The van der Waals surface area contributed by atoms with Crippen LogP contribution in [0.3, 0.4) is 0 Å². The Morgan fingerprint density at radius 2 is 1.85 bits per heavy atom. The lowest BCUT2D eigenvalue weighted by Crippen LogP contribution is -1.93. The second-order valence-electron chi connectivity index (χ2n) is 2.23. The van der Waals surface area contributed by atoms with Crippen molar-refractivity contribution in [3.63, 3.8) is 0 Å². The molecule has 1 heterocycles. The molecule has 0 fully saturated rings. The molecule has 5 N–H and O–H groups in total. The van der Waals surface area contributed by atoms with Crippen molar-refractivity contribution in [2.75, 3.05) is 11.5 Å². The third-order valence-electron chi connectivity index (χ3n) is 1.09. The smallest absolute Gasteiger partial charge is 0.303 e. The topological polar surface area (TPSA) is 102 Å². The number of nitrogens with two attached hydrogens (primary N) is 2. The number of nitrogen functional groups attached to an aromatic ring is 2. The lowest BCUT2D eigenvalue weighted by atomic mass is 10.4. The molecule has 72 valence electrons. The fraction of sp³-hybridized carbons (Fsp3) is 0.250. The maximum Gasteiger partial charge on any atom is 0.303 e. The monoisotopic (exact) mass is 183 g/mol. The van der Waals surface area contributed by atoms with E-state index in [1.54, 1.807) is 25.1 Å². The van der Waals surface area contributed by atoms with Gasteiger partial charge in [-0.05, 0) is 12.1 Å². The first kappa shape index (κ1) is 11.2. The first-order valence-electron chi connectivity index (χ1n) is 3.76. The van der Waals surface area contributed by atoms with Crippen LogP contribution in [0, 0.1) is 0 Å². The molecular weight excluding hydrogens is 170 g/mol. The molecule has 5 nitrogen and oxygen atoms in total. The summed E-state index contributed by atoms with van der Waals surface area (Å²) < 4.78 is 0. The number of anilines is 2. The zero-order chi connectivity index (χ0) is 10.3. The van der Waals surface area contributed by atoms with E-state index in [2.05, 4.69) is 4.98 Å². The first-order chi connectivity index (χ1) is 6.06. The molecule has 1 rings (SSSR count). The first-order valence-corrected chi connectivity index (χ1v) is 3.76. The molecule has 0 bridgehead atoms. The predicted molar refractivity (Wildman–Crippen MR) is 51.0 cm³/mol. The van der Waals surface area contributed by atoms with Crippen molar-refractivity contribution in [1.29, 1.82) is 0 Å². The molecule has 0 aromatic carbocycles. The van der Waals surface area contributed by atoms with Gasteiger partial charge in [0.25, 0.3) is 0 Å². The number of aliphatic carboxylic acids is 1. The molecule has 0 radical (unpaired) electrons.